The second-order valence-electron chi connectivity index (χ2n) is 3.65. The average Bonchev–Trinajstić information content (AvgIpc) is 2.75. The molecule has 0 amide bonds. The minimum atomic E-state index is -0.251. The van der Waals surface area contributed by atoms with Gasteiger partial charge in [0.25, 0.3) is 0 Å². The summed E-state index contributed by atoms with van der Waals surface area (Å²) in [6.07, 6.45) is 3.06. The Kier molecular flexibility index (Phi) is 3.93. The predicted octanol–water partition coefficient (Wildman–Crippen LogP) is 3.82. The fourth-order valence-electron chi connectivity index (χ4n) is 1.41. The maximum Gasteiger partial charge on any atom is 0.189 e. The van der Waals surface area contributed by atoms with E-state index in [2.05, 4.69) is 20.9 Å². The summed E-state index contributed by atoms with van der Waals surface area (Å²) in [4.78, 5) is 16.1. The smallest absolute Gasteiger partial charge is 0.189 e. The first-order chi connectivity index (χ1) is 8.56. The molecule has 1 aromatic carbocycles. The number of aryl methyl sites for hydroxylation is 1. The van der Waals surface area contributed by atoms with E-state index in [1.807, 2.05) is 12.3 Å². The van der Waals surface area contributed by atoms with Gasteiger partial charge in [0.05, 0.1) is 16.3 Å². The number of halogens is 1. The average molecular weight is 324 g/mol. The Bertz CT molecular complexity index is 619. The van der Waals surface area contributed by atoms with Gasteiger partial charge in [-0.2, -0.15) is 0 Å². The van der Waals surface area contributed by atoms with Crippen LogP contribution in [0.25, 0.3) is 6.08 Å². The van der Waals surface area contributed by atoms with E-state index in [0.717, 1.165) is 15.2 Å². The lowest BCUT2D eigenvalue weighted by molar-refractivity contribution is 0.104. The lowest BCUT2D eigenvalue weighted by Crippen LogP contribution is -1.94. The molecule has 0 fully saturated rings. The van der Waals surface area contributed by atoms with Crippen molar-refractivity contribution in [2.24, 2.45) is 0 Å². The monoisotopic (exact) mass is 323 g/mol. The van der Waals surface area contributed by atoms with E-state index in [0.29, 0.717) is 0 Å². The molecule has 1 aromatic heterocycles. The molecule has 3 nitrogen and oxygen atoms in total. The van der Waals surface area contributed by atoms with Crippen molar-refractivity contribution in [3.63, 3.8) is 0 Å². The van der Waals surface area contributed by atoms with Gasteiger partial charge in [-0.1, -0.05) is 15.9 Å². The van der Waals surface area contributed by atoms with E-state index in [4.69, 9.17) is 0 Å². The molecule has 2 rings (SSSR count). The molecule has 0 spiro atoms. The molecule has 1 N–H and O–H groups in total. The number of hydrogen-bond acceptors (Lipinski definition) is 4. The summed E-state index contributed by atoms with van der Waals surface area (Å²) >= 11 is 4.79. The van der Waals surface area contributed by atoms with Crippen molar-refractivity contribution in [3.8, 4) is 5.75 Å². The second-order valence-corrected chi connectivity index (χ2v) is 5.63. The zero-order valence-corrected chi connectivity index (χ0v) is 12.0. The molecule has 92 valence electrons. The molecule has 5 heteroatoms. The third-order valence-corrected chi connectivity index (χ3v) is 3.55. The van der Waals surface area contributed by atoms with Gasteiger partial charge in [0, 0.05) is 9.85 Å². The maximum absolute atomic E-state index is 11.9. The van der Waals surface area contributed by atoms with Crippen LogP contribution < -0.4 is 0 Å². The van der Waals surface area contributed by atoms with Crippen molar-refractivity contribution < 1.29 is 9.90 Å². The van der Waals surface area contributed by atoms with Crippen molar-refractivity contribution in [1.82, 2.24) is 4.98 Å². The first-order valence-electron chi connectivity index (χ1n) is 5.19. The fraction of sp³-hybridized carbons (Fsp3) is 0.0769. The topological polar surface area (TPSA) is 50.2 Å². The minimum absolute atomic E-state index is 0.0256. The third kappa shape index (κ3) is 3.05. The molecular formula is C13H10BrNO2S. The van der Waals surface area contributed by atoms with Gasteiger partial charge >= 0.3 is 0 Å². The van der Waals surface area contributed by atoms with Crippen LogP contribution in [0.15, 0.2) is 34.1 Å². The van der Waals surface area contributed by atoms with E-state index in [9.17, 15) is 9.90 Å². The Morgan fingerprint density at radius 2 is 2.28 bits per heavy atom. The number of phenolic OH excluding ortho intramolecular Hbond substituents is 1. The number of benzene rings is 1. The number of thiazole rings is 1. The first-order valence-corrected chi connectivity index (χ1v) is 6.86. The van der Waals surface area contributed by atoms with Crippen LogP contribution in [0.3, 0.4) is 0 Å². The Hall–Kier alpha value is -1.46. The Morgan fingerprint density at radius 1 is 1.50 bits per heavy atom. The van der Waals surface area contributed by atoms with Gasteiger partial charge in [-0.05, 0) is 37.3 Å². The van der Waals surface area contributed by atoms with Gasteiger partial charge in [0.2, 0.25) is 0 Å². The lowest BCUT2D eigenvalue weighted by atomic mass is 10.1. The van der Waals surface area contributed by atoms with Crippen LogP contribution in [0, 0.1) is 6.92 Å². The number of phenols is 1. The molecule has 2 aromatic rings. The molecular weight excluding hydrogens is 314 g/mol. The van der Waals surface area contributed by atoms with Gasteiger partial charge in [0.15, 0.2) is 5.78 Å². The molecule has 0 atom stereocenters. The standard InChI is InChI=1S/C13H10BrNO2S/c1-8-15-10(7-18-8)3-5-13(17)11-6-9(14)2-4-12(11)16/h2-7,16H,1H3/b5-3+. The van der Waals surface area contributed by atoms with Crippen LogP contribution in [-0.2, 0) is 0 Å². The summed E-state index contributed by atoms with van der Waals surface area (Å²) in [6.45, 7) is 1.91. The summed E-state index contributed by atoms with van der Waals surface area (Å²) < 4.78 is 0.751. The molecule has 0 radical (unpaired) electrons. The number of carbonyl (C=O) groups excluding carboxylic acids is 1. The highest BCUT2D eigenvalue weighted by Gasteiger charge is 2.08. The van der Waals surface area contributed by atoms with Gasteiger partial charge in [0.1, 0.15) is 5.75 Å². The van der Waals surface area contributed by atoms with Gasteiger partial charge < -0.3 is 5.11 Å². The van der Waals surface area contributed by atoms with Crippen LogP contribution in [0.5, 0.6) is 5.75 Å². The number of ketones is 1. The van der Waals surface area contributed by atoms with E-state index < -0.39 is 0 Å². The van der Waals surface area contributed by atoms with Crippen LogP contribution >= 0.6 is 27.3 Å². The molecule has 0 saturated carbocycles. The van der Waals surface area contributed by atoms with Gasteiger partial charge in [-0.3, -0.25) is 4.79 Å². The van der Waals surface area contributed by atoms with Crippen LogP contribution in [-0.4, -0.2) is 15.9 Å². The van der Waals surface area contributed by atoms with Crippen molar-refractivity contribution in [2.45, 2.75) is 6.92 Å². The van der Waals surface area contributed by atoms with Crippen molar-refractivity contribution in [2.75, 3.05) is 0 Å². The zero-order valence-electron chi connectivity index (χ0n) is 9.55. The van der Waals surface area contributed by atoms with Crippen LogP contribution in [0.1, 0.15) is 21.1 Å². The van der Waals surface area contributed by atoms with Crippen LogP contribution in [0.4, 0.5) is 0 Å². The highest BCUT2D eigenvalue weighted by molar-refractivity contribution is 9.10. The van der Waals surface area contributed by atoms with Gasteiger partial charge in [-0.25, -0.2) is 4.98 Å². The SMILES string of the molecule is Cc1nc(/C=C/C(=O)c2cc(Br)ccc2O)cs1. The van der Waals surface area contributed by atoms with Crippen molar-refractivity contribution in [1.29, 1.82) is 0 Å². The van der Waals surface area contributed by atoms with E-state index in [-0.39, 0.29) is 17.1 Å². The quantitative estimate of drug-likeness (QED) is 0.690. The summed E-state index contributed by atoms with van der Waals surface area (Å²) in [6, 6.07) is 4.76. The molecule has 0 unspecified atom stereocenters. The Morgan fingerprint density at radius 3 is 2.94 bits per heavy atom. The molecule has 18 heavy (non-hydrogen) atoms. The van der Waals surface area contributed by atoms with Crippen molar-refractivity contribution in [3.05, 3.63) is 50.4 Å². The normalized spacial score (nSPS) is 11.0. The number of allylic oxidation sites excluding steroid dienone is 1. The number of carbonyl (C=O) groups is 1. The molecule has 0 aliphatic rings. The molecule has 0 aliphatic carbocycles. The summed E-state index contributed by atoms with van der Waals surface area (Å²) in [5.41, 5.74) is 1.02. The van der Waals surface area contributed by atoms with Crippen LogP contribution in [0.2, 0.25) is 0 Å². The predicted molar refractivity (Wildman–Crippen MR) is 76.0 cm³/mol. The second kappa shape index (κ2) is 5.46. The van der Waals surface area contributed by atoms with E-state index in [1.165, 1.54) is 23.5 Å². The number of rotatable bonds is 3. The zero-order chi connectivity index (χ0) is 13.1. The molecule has 0 saturated heterocycles. The molecule has 0 aliphatic heterocycles. The highest BCUT2D eigenvalue weighted by atomic mass is 79.9. The van der Waals surface area contributed by atoms with E-state index in [1.54, 1.807) is 18.2 Å². The first kappa shape index (κ1) is 13.0. The maximum atomic E-state index is 11.9. The Labute approximate surface area is 117 Å². The highest BCUT2D eigenvalue weighted by Crippen LogP contribution is 2.22. The number of aromatic nitrogens is 1. The van der Waals surface area contributed by atoms with E-state index >= 15 is 0 Å². The van der Waals surface area contributed by atoms with Gasteiger partial charge in [-0.15, -0.1) is 11.3 Å². The third-order valence-electron chi connectivity index (χ3n) is 2.27. The largest absolute Gasteiger partial charge is 0.507 e. The lowest BCUT2D eigenvalue weighted by Gasteiger charge is -2.00. The van der Waals surface area contributed by atoms with Crippen molar-refractivity contribution >= 4 is 39.1 Å². The Balaban J connectivity index is 2.22. The molecule has 1 heterocycles. The number of nitrogens with zero attached hydrogens (tertiary/aromatic N) is 1. The summed E-state index contributed by atoms with van der Waals surface area (Å²) in [7, 11) is 0. The fourth-order valence-corrected chi connectivity index (χ4v) is 2.35. The summed E-state index contributed by atoms with van der Waals surface area (Å²) in [5.74, 6) is -0.276. The number of hydrogen-bond donors (Lipinski definition) is 1. The number of aromatic hydroxyl groups is 1. The minimum Gasteiger partial charge on any atom is -0.507 e. The summed E-state index contributed by atoms with van der Waals surface area (Å²) in [5, 5.41) is 12.4. The molecule has 0 bridgehead atoms.